The van der Waals surface area contributed by atoms with Gasteiger partial charge in [-0.05, 0) is 73.9 Å². The zero-order valence-corrected chi connectivity index (χ0v) is 27.7. The molecule has 2 N–H and O–H groups in total. The van der Waals surface area contributed by atoms with Gasteiger partial charge in [-0.15, -0.1) is 0 Å². The van der Waals surface area contributed by atoms with Gasteiger partial charge in [0.1, 0.15) is 17.7 Å². The number of benzene rings is 2. The van der Waals surface area contributed by atoms with Crippen LogP contribution < -0.4 is 15.0 Å². The Morgan fingerprint density at radius 3 is 2.31 bits per heavy atom. The fourth-order valence-electron chi connectivity index (χ4n) is 6.61. The molecule has 2 aromatic heterocycles. The van der Waals surface area contributed by atoms with Crippen LogP contribution in [0.4, 0.5) is 19.0 Å². The number of hydrogen-bond acceptors (Lipinski definition) is 8. The highest BCUT2D eigenvalue weighted by molar-refractivity contribution is 5.94. The molecule has 2 fully saturated rings. The van der Waals surface area contributed by atoms with E-state index in [0.29, 0.717) is 54.3 Å². The molecular formula is C35H38F3N7O4. The van der Waals surface area contributed by atoms with Crippen molar-refractivity contribution >= 4 is 17.7 Å². The molecule has 0 radical (unpaired) electrons. The second kappa shape index (κ2) is 13.1. The fourth-order valence-corrected chi connectivity index (χ4v) is 6.61. The number of ether oxygens (including phenoxy) is 1. The summed E-state index contributed by atoms with van der Waals surface area (Å²) in [6, 6.07) is 14.0. The Hall–Kier alpha value is -4.98. The highest BCUT2D eigenvalue weighted by Crippen LogP contribution is 2.42. The van der Waals surface area contributed by atoms with Gasteiger partial charge >= 0.3 is 12.1 Å². The van der Waals surface area contributed by atoms with Crippen LogP contribution in [0.25, 0.3) is 16.8 Å². The molecule has 0 bridgehead atoms. The lowest BCUT2D eigenvalue weighted by molar-refractivity contribution is -0.198. The smallest absolute Gasteiger partial charge is 0.429 e. The molecular weight excluding hydrogens is 639 g/mol. The minimum absolute atomic E-state index is 0.137. The molecule has 4 heterocycles. The highest BCUT2D eigenvalue weighted by atomic mass is 19.4. The predicted octanol–water partition coefficient (Wildman–Crippen LogP) is 5.36. The largest absolute Gasteiger partial charge is 0.480 e. The van der Waals surface area contributed by atoms with Crippen LogP contribution in [-0.2, 0) is 4.79 Å². The number of piperidine rings is 1. The van der Waals surface area contributed by atoms with Crippen molar-refractivity contribution in [3.05, 3.63) is 83.4 Å². The van der Waals surface area contributed by atoms with Gasteiger partial charge < -0.3 is 25.0 Å². The van der Waals surface area contributed by atoms with Crippen LogP contribution in [0.1, 0.15) is 52.8 Å². The number of carboxylic acids is 1. The summed E-state index contributed by atoms with van der Waals surface area (Å²) in [6.45, 7) is 5.11. The number of nitrogens with zero attached hydrogens (tertiary/aromatic N) is 6. The normalized spacial score (nSPS) is 18.0. The van der Waals surface area contributed by atoms with Gasteiger partial charge in [-0.2, -0.15) is 23.3 Å². The lowest BCUT2D eigenvalue weighted by Gasteiger charge is -2.39. The lowest BCUT2D eigenvalue weighted by atomic mass is 9.76. The summed E-state index contributed by atoms with van der Waals surface area (Å²) < 4.78 is 51.9. The number of aryl methyl sites for hydroxylation is 2. The number of halogens is 3. The molecule has 0 saturated carbocycles. The fraction of sp³-hybridized carbons (Fsp3) is 0.400. The van der Waals surface area contributed by atoms with Crippen molar-refractivity contribution < 1.29 is 32.6 Å². The third kappa shape index (κ3) is 7.24. The summed E-state index contributed by atoms with van der Waals surface area (Å²) >= 11 is 0. The first-order valence-corrected chi connectivity index (χ1v) is 16.0. The summed E-state index contributed by atoms with van der Waals surface area (Å²) in [5.74, 6) is -0.525. The number of amides is 1. The van der Waals surface area contributed by atoms with E-state index in [0.717, 1.165) is 12.8 Å². The van der Waals surface area contributed by atoms with E-state index in [4.69, 9.17) is 4.74 Å². The van der Waals surface area contributed by atoms with Gasteiger partial charge in [-0.25, -0.2) is 9.67 Å². The molecule has 6 rings (SSSR count). The number of carboxylic acid groups (broad SMARTS) is 1. The Balaban J connectivity index is 1.30. The van der Waals surface area contributed by atoms with E-state index in [1.165, 1.54) is 21.7 Å². The number of anilines is 1. The lowest BCUT2D eigenvalue weighted by Crippen LogP contribution is -2.41. The van der Waals surface area contributed by atoms with E-state index in [1.54, 1.807) is 76.6 Å². The second-order valence-electron chi connectivity index (χ2n) is 13.1. The van der Waals surface area contributed by atoms with Crippen LogP contribution in [0.2, 0.25) is 0 Å². The molecule has 2 aliphatic rings. The second-order valence-corrected chi connectivity index (χ2v) is 13.1. The molecule has 0 aliphatic carbocycles. The van der Waals surface area contributed by atoms with Crippen LogP contribution in [0.15, 0.2) is 60.8 Å². The molecule has 4 aromatic rings. The van der Waals surface area contributed by atoms with Gasteiger partial charge in [0.15, 0.2) is 0 Å². The van der Waals surface area contributed by atoms with Crippen LogP contribution in [0, 0.1) is 19.3 Å². The van der Waals surface area contributed by atoms with Gasteiger partial charge in [0.2, 0.25) is 12.0 Å². The molecule has 0 unspecified atom stereocenters. The quantitative estimate of drug-likeness (QED) is 0.254. The average molecular weight is 678 g/mol. The Bertz CT molecular complexity index is 1850. The number of nitrogens with one attached hydrogen (secondary N) is 1. The molecule has 1 amide bonds. The van der Waals surface area contributed by atoms with Gasteiger partial charge in [-0.1, -0.05) is 24.3 Å². The van der Waals surface area contributed by atoms with E-state index in [-0.39, 0.29) is 34.3 Å². The van der Waals surface area contributed by atoms with E-state index < -0.39 is 24.3 Å². The summed E-state index contributed by atoms with van der Waals surface area (Å²) in [5.41, 5.74) is 2.34. The molecule has 2 aliphatic heterocycles. The number of aliphatic carboxylic acids is 1. The van der Waals surface area contributed by atoms with Crippen LogP contribution >= 0.6 is 0 Å². The monoisotopic (exact) mass is 677 g/mol. The molecule has 14 heteroatoms. The van der Waals surface area contributed by atoms with Gasteiger partial charge in [0.05, 0.1) is 11.4 Å². The maximum absolute atomic E-state index is 14.9. The number of carbonyl (C=O) groups excluding carboxylic acids is 1. The molecule has 1 spiro atoms. The summed E-state index contributed by atoms with van der Waals surface area (Å²) in [7, 11) is 3.32. The van der Waals surface area contributed by atoms with E-state index in [9.17, 15) is 27.9 Å². The van der Waals surface area contributed by atoms with Crippen molar-refractivity contribution in [2.24, 2.45) is 5.41 Å². The third-order valence-electron chi connectivity index (χ3n) is 9.30. The van der Waals surface area contributed by atoms with E-state index in [2.05, 4.69) is 20.4 Å². The molecule has 2 saturated heterocycles. The minimum atomic E-state index is -4.82. The van der Waals surface area contributed by atoms with Crippen molar-refractivity contribution in [2.75, 3.05) is 38.6 Å². The SMILES string of the molecule is Cc1ccn(-c2cc(-c3ccc(C(=O)N(C)C)cc3)ccc2[C@@H](Oc2cc(N3CCC4(CC3)CN[C@H](C(=O)O)C4)nc(C)n2)C(F)(F)F)n1. The first kappa shape index (κ1) is 33.9. The van der Waals surface area contributed by atoms with Gasteiger partial charge in [-0.3, -0.25) is 9.59 Å². The molecule has 2 atom stereocenters. The van der Waals surface area contributed by atoms with Gasteiger partial charge in [0.25, 0.3) is 5.91 Å². The van der Waals surface area contributed by atoms with Crippen LogP contribution in [0.3, 0.4) is 0 Å². The molecule has 258 valence electrons. The molecule has 11 nitrogen and oxygen atoms in total. The topological polar surface area (TPSA) is 126 Å². The number of rotatable bonds is 8. The number of carbonyl (C=O) groups is 2. The van der Waals surface area contributed by atoms with Crippen molar-refractivity contribution in [3.8, 4) is 22.7 Å². The molecule has 49 heavy (non-hydrogen) atoms. The average Bonchev–Trinajstić information content (AvgIpc) is 3.69. The zero-order chi connectivity index (χ0) is 35.1. The van der Waals surface area contributed by atoms with E-state index >= 15 is 0 Å². The first-order chi connectivity index (χ1) is 23.2. The maximum Gasteiger partial charge on any atom is 0.429 e. The van der Waals surface area contributed by atoms with Crippen LogP contribution in [0.5, 0.6) is 5.88 Å². The number of aromatic nitrogens is 4. The Morgan fingerprint density at radius 2 is 1.71 bits per heavy atom. The van der Waals surface area contributed by atoms with Crippen molar-refractivity contribution in [1.29, 1.82) is 0 Å². The summed E-state index contributed by atoms with van der Waals surface area (Å²) in [4.78, 5) is 36.0. The van der Waals surface area contributed by atoms with Gasteiger partial charge in [0, 0.05) is 57.1 Å². The minimum Gasteiger partial charge on any atom is -0.480 e. The predicted molar refractivity (Wildman–Crippen MR) is 176 cm³/mol. The van der Waals surface area contributed by atoms with Crippen LogP contribution in [-0.4, -0.2) is 87.6 Å². The standard InChI is InChI=1S/C35H38F3N7O4/c1-21-11-14-45(42-21)28-17-25(23-5-7-24(8-6-23)32(46)43(3)4)9-10-26(28)31(35(36,37)38)49-30-18-29(40-22(2)41-30)44-15-12-34(13-16-44)19-27(33(47)48)39-20-34/h5-11,14,17-18,27,31,39H,12-13,15-16,19-20H2,1-4H3,(H,47,48)/t27-,31+/m0/s1. The summed E-state index contributed by atoms with van der Waals surface area (Å²) in [5, 5.41) is 16.9. The van der Waals surface area contributed by atoms with Crippen molar-refractivity contribution in [3.63, 3.8) is 0 Å². The van der Waals surface area contributed by atoms with Crippen molar-refractivity contribution in [2.45, 2.75) is 51.4 Å². The zero-order valence-electron chi connectivity index (χ0n) is 27.7. The Kier molecular flexibility index (Phi) is 9.09. The summed E-state index contributed by atoms with van der Waals surface area (Å²) in [6.07, 6.45) is -3.62. The first-order valence-electron chi connectivity index (χ1n) is 16.0. The third-order valence-corrected chi connectivity index (χ3v) is 9.30. The Labute approximate surface area is 281 Å². The Morgan fingerprint density at radius 1 is 1.02 bits per heavy atom. The maximum atomic E-state index is 14.9. The number of alkyl halides is 3. The number of hydrogen-bond donors (Lipinski definition) is 2. The molecule has 2 aromatic carbocycles. The van der Waals surface area contributed by atoms with E-state index in [1.807, 2.05) is 4.90 Å². The highest BCUT2D eigenvalue weighted by Gasteiger charge is 2.46. The van der Waals surface area contributed by atoms with Crippen molar-refractivity contribution in [1.82, 2.24) is 30.0 Å².